The largest absolute Gasteiger partial charge is 0.497 e. The highest BCUT2D eigenvalue weighted by Crippen LogP contribution is 2.29. The lowest BCUT2D eigenvalue weighted by molar-refractivity contribution is -0.119. The predicted molar refractivity (Wildman–Crippen MR) is 130 cm³/mol. The SMILES string of the molecule is COc1cccc(NC(=O)CN(C)CC(=O)Nc2nc(-c3cc(C)c(C)cc3C)cs2)c1. The van der Waals surface area contributed by atoms with Crippen LogP contribution in [0, 0.1) is 20.8 Å². The lowest BCUT2D eigenvalue weighted by Crippen LogP contribution is -2.36. The lowest BCUT2D eigenvalue weighted by Gasteiger charge is -2.15. The summed E-state index contributed by atoms with van der Waals surface area (Å²) in [7, 11) is 3.29. The van der Waals surface area contributed by atoms with Crippen molar-refractivity contribution >= 4 is 34.0 Å². The fraction of sp³-hybridized carbons (Fsp3) is 0.292. The molecule has 0 radical (unpaired) electrons. The van der Waals surface area contributed by atoms with E-state index in [2.05, 4.69) is 48.5 Å². The Kier molecular flexibility index (Phi) is 7.61. The van der Waals surface area contributed by atoms with Gasteiger partial charge in [0.15, 0.2) is 5.13 Å². The average molecular weight is 453 g/mol. The smallest absolute Gasteiger partial charge is 0.240 e. The number of methoxy groups -OCH3 is 1. The van der Waals surface area contributed by atoms with Crippen molar-refractivity contribution in [3.05, 3.63) is 58.5 Å². The van der Waals surface area contributed by atoms with Crippen molar-refractivity contribution in [1.29, 1.82) is 0 Å². The van der Waals surface area contributed by atoms with Gasteiger partial charge in [-0.3, -0.25) is 14.5 Å². The monoisotopic (exact) mass is 452 g/mol. The molecular formula is C24H28N4O3S. The van der Waals surface area contributed by atoms with Gasteiger partial charge in [0.25, 0.3) is 0 Å². The van der Waals surface area contributed by atoms with Crippen LogP contribution in [0.4, 0.5) is 10.8 Å². The number of likely N-dealkylation sites (N-methyl/N-ethyl adjacent to an activating group) is 1. The molecule has 0 bridgehead atoms. The number of amides is 2. The van der Waals surface area contributed by atoms with Gasteiger partial charge in [-0.2, -0.15) is 0 Å². The average Bonchev–Trinajstić information content (AvgIpc) is 3.18. The van der Waals surface area contributed by atoms with Crippen LogP contribution in [0.3, 0.4) is 0 Å². The molecule has 0 aliphatic carbocycles. The summed E-state index contributed by atoms with van der Waals surface area (Å²) in [6, 6.07) is 11.4. The number of carbonyl (C=O) groups is 2. The fourth-order valence-electron chi connectivity index (χ4n) is 3.30. The number of hydrogen-bond acceptors (Lipinski definition) is 6. The molecule has 2 amide bonds. The van der Waals surface area contributed by atoms with E-state index in [1.54, 1.807) is 43.3 Å². The van der Waals surface area contributed by atoms with E-state index in [1.807, 2.05) is 5.38 Å². The van der Waals surface area contributed by atoms with E-state index in [0.29, 0.717) is 16.6 Å². The first kappa shape index (κ1) is 23.4. The maximum Gasteiger partial charge on any atom is 0.240 e. The second-order valence-electron chi connectivity index (χ2n) is 7.79. The molecule has 0 saturated heterocycles. The van der Waals surface area contributed by atoms with E-state index in [1.165, 1.54) is 22.5 Å². The first-order chi connectivity index (χ1) is 15.2. The van der Waals surface area contributed by atoms with Crippen LogP contribution < -0.4 is 15.4 Å². The summed E-state index contributed by atoms with van der Waals surface area (Å²) in [4.78, 5) is 30.9. The van der Waals surface area contributed by atoms with Gasteiger partial charge in [-0.25, -0.2) is 4.98 Å². The maximum absolute atomic E-state index is 12.4. The Hall–Kier alpha value is -3.23. The Morgan fingerprint density at radius 2 is 1.69 bits per heavy atom. The summed E-state index contributed by atoms with van der Waals surface area (Å²) >= 11 is 1.38. The number of carbonyl (C=O) groups excluding carboxylic acids is 2. The van der Waals surface area contributed by atoms with Gasteiger partial charge in [0.2, 0.25) is 11.8 Å². The van der Waals surface area contributed by atoms with Crippen LogP contribution in [0.15, 0.2) is 41.8 Å². The number of nitrogens with zero attached hydrogens (tertiary/aromatic N) is 2. The van der Waals surface area contributed by atoms with Gasteiger partial charge in [0.05, 0.1) is 25.9 Å². The standard InChI is InChI=1S/C24H28N4O3S/c1-15-9-17(3)20(10-16(15)2)21-14-32-24(26-21)27-23(30)13-28(4)12-22(29)25-18-7-6-8-19(11-18)31-5/h6-11,14H,12-13H2,1-5H3,(H,25,29)(H,26,27,30). The van der Waals surface area contributed by atoms with Crippen LogP contribution in [0.2, 0.25) is 0 Å². The molecule has 2 aromatic carbocycles. The summed E-state index contributed by atoms with van der Waals surface area (Å²) in [5.41, 5.74) is 6.15. The molecular weight excluding hydrogens is 424 g/mol. The highest BCUT2D eigenvalue weighted by Gasteiger charge is 2.14. The molecule has 3 aromatic rings. The number of rotatable bonds is 8. The van der Waals surface area contributed by atoms with Gasteiger partial charge in [0, 0.05) is 22.7 Å². The number of thiazole rings is 1. The molecule has 0 aliphatic heterocycles. The number of anilines is 2. The molecule has 0 aliphatic rings. The molecule has 32 heavy (non-hydrogen) atoms. The Morgan fingerprint density at radius 3 is 2.41 bits per heavy atom. The summed E-state index contributed by atoms with van der Waals surface area (Å²) in [6.45, 7) is 6.38. The normalized spacial score (nSPS) is 10.8. The van der Waals surface area contributed by atoms with Gasteiger partial charge in [-0.05, 0) is 62.7 Å². The van der Waals surface area contributed by atoms with Crippen molar-refractivity contribution < 1.29 is 14.3 Å². The second kappa shape index (κ2) is 10.4. The molecule has 8 heteroatoms. The van der Waals surface area contributed by atoms with E-state index in [4.69, 9.17) is 4.74 Å². The van der Waals surface area contributed by atoms with Crippen molar-refractivity contribution in [2.24, 2.45) is 0 Å². The van der Waals surface area contributed by atoms with Crippen molar-refractivity contribution in [2.45, 2.75) is 20.8 Å². The zero-order valence-corrected chi connectivity index (χ0v) is 19.8. The third-order valence-corrected chi connectivity index (χ3v) is 5.81. The van der Waals surface area contributed by atoms with E-state index in [9.17, 15) is 9.59 Å². The Bertz CT molecular complexity index is 1130. The minimum absolute atomic E-state index is 0.0725. The van der Waals surface area contributed by atoms with Gasteiger partial charge in [-0.1, -0.05) is 12.1 Å². The molecule has 7 nitrogen and oxygen atoms in total. The quantitative estimate of drug-likeness (QED) is 0.534. The molecule has 1 aromatic heterocycles. The molecule has 168 valence electrons. The maximum atomic E-state index is 12.4. The highest BCUT2D eigenvalue weighted by atomic mass is 32.1. The van der Waals surface area contributed by atoms with Crippen molar-refractivity contribution in [1.82, 2.24) is 9.88 Å². The number of nitrogens with one attached hydrogen (secondary N) is 2. The number of hydrogen-bond donors (Lipinski definition) is 2. The Balaban J connectivity index is 1.53. The van der Waals surface area contributed by atoms with E-state index in [-0.39, 0.29) is 24.9 Å². The van der Waals surface area contributed by atoms with Gasteiger partial charge < -0.3 is 15.4 Å². The summed E-state index contributed by atoms with van der Waals surface area (Å²) < 4.78 is 5.15. The van der Waals surface area contributed by atoms with Crippen LogP contribution in [0.1, 0.15) is 16.7 Å². The lowest BCUT2D eigenvalue weighted by atomic mass is 9.99. The molecule has 1 heterocycles. The number of benzene rings is 2. The van der Waals surface area contributed by atoms with Crippen LogP contribution in [0.5, 0.6) is 5.75 Å². The van der Waals surface area contributed by atoms with Crippen LogP contribution in [-0.4, -0.2) is 48.9 Å². The van der Waals surface area contributed by atoms with Crippen molar-refractivity contribution in [3.63, 3.8) is 0 Å². The van der Waals surface area contributed by atoms with Gasteiger partial charge >= 0.3 is 0 Å². The summed E-state index contributed by atoms with van der Waals surface area (Å²) in [6.07, 6.45) is 0. The number of aryl methyl sites for hydroxylation is 3. The first-order valence-electron chi connectivity index (χ1n) is 10.2. The predicted octanol–water partition coefficient (Wildman–Crippen LogP) is 4.25. The van der Waals surface area contributed by atoms with E-state index >= 15 is 0 Å². The molecule has 0 spiro atoms. The van der Waals surface area contributed by atoms with Crippen LogP contribution in [0.25, 0.3) is 11.3 Å². The van der Waals surface area contributed by atoms with Gasteiger partial charge in [-0.15, -0.1) is 11.3 Å². The van der Waals surface area contributed by atoms with E-state index < -0.39 is 0 Å². The third-order valence-electron chi connectivity index (χ3n) is 5.05. The van der Waals surface area contributed by atoms with Gasteiger partial charge in [0.1, 0.15) is 5.75 Å². The van der Waals surface area contributed by atoms with Crippen LogP contribution in [-0.2, 0) is 9.59 Å². The number of ether oxygens (including phenoxy) is 1. The van der Waals surface area contributed by atoms with Crippen molar-refractivity contribution in [3.8, 4) is 17.0 Å². The van der Waals surface area contributed by atoms with Crippen molar-refractivity contribution in [2.75, 3.05) is 37.9 Å². The Morgan fingerprint density at radius 1 is 1.00 bits per heavy atom. The zero-order valence-electron chi connectivity index (χ0n) is 19.0. The first-order valence-corrected chi connectivity index (χ1v) is 11.1. The molecule has 3 rings (SSSR count). The summed E-state index contributed by atoms with van der Waals surface area (Å²) in [5, 5.41) is 8.11. The second-order valence-corrected chi connectivity index (χ2v) is 8.65. The fourth-order valence-corrected chi connectivity index (χ4v) is 4.02. The highest BCUT2D eigenvalue weighted by molar-refractivity contribution is 7.14. The molecule has 2 N–H and O–H groups in total. The third kappa shape index (κ3) is 6.15. The Labute approximate surface area is 192 Å². The molecule has 0 saturated carbocycles. The van der Waals surface area contributed by atoms with Crippen LogP contribution >= 0.6 is 11.3 Å². The minimum atomic E-state index is -0.223. The topological polar surface area (TPSA) is 83.6 Å². The number of aromatic nitrogens is 1. The summed E-state index contributed by atoms with van der Waals surface area (Å²) in [5.74, 6) is 0.226. The van der Waals surface area contributed by atoms with E-state index in [0.717, 1.165) is 16.8 Å². The minimum Gasteiger partial charge on any atom is -0.497 e. The molecule has 0 fully saturated rings. The zero-order chi connectivity index (χ0) is 23.3. The molecule has 0 atom stereocenters. The molecule has 0 unspecified atom stereocenters.